The van der Waals surface area contributed by atoms with Crippen molar-refractivity contribution < 1.29 is 9.53 Å². The molecular weight excluding hydrogens is 254 g/mol. The van der Waals surface area contributed by atoms with Gasteiger partial charge in [0.05, 0.1) is 19.0 Å². The lowest BCUT2D eigenvalue weighted by Crippen LogP contribution is -2.17. The summed E-state index contributed by atoms with van der Waals surface area (Å²) in [4.78, 5) is 17.9. The molecule has 0 bridgehead atoms. The number of nitrogens with zero attached hydrogens (tertiary/aromatic N) is 2. The van der Waals surface area contributed by atoms with Gasteiger partial charge in [-0.1, -0.05) is 17.7 Å². The number of carbonyl (C=O) groups is 1. The smallest absolute Gasteiger partial charge is 0.341 e. The van der Waals surface area contributed by atoms with Crippen LogP contribution in [0.15, 0.2) is 36.5 Å². The molecule has 1 aromatic carbocycles. The zero-order valence-corrected chi connectivity index (χ0v) is 11.8. The van der Waals surface area contributed by atoms with E-state index >= 15 is 0 Å². The molecule has 20 heavy (non-hydrogen) atoms. The molecule has 0 amide bonds. The molecule has 0 aliphatic rings. The maximum Gasteiger partial charge on any atom is 0.341 e. The lowest BCUT2D eigenvalue weighted by molar-refractivity contribution is 0.0601. The van der Waals surface area contributed by atoms with Gasteiger partial charge in [-0.25, -0.2) is 9.78 Å². The van der Waals surface area contributed by atoms with Crippen molar-refractivity contribution >= 4 is 23.2 Å². The second-order valence-corrected chi connectivity index (χ2v) is 4.53. The van der Waals surface area contributed by atoms with Gasteiger partial charge in [-0.15, -0.1) is 0 Å². The molecule has 0 fully saturated rings. The number of rotatable bonds is 3. The number of hydrogen-bond acceptors (Lipinski definition) is 5. The number of ether oxygens (including phenoxy) is 1. The Labute approximate surface area is 118 Å². The van der Waals surface area contributed by atoms with Gasteiger partial charge in [-0.3, -0.25) is 0 Å². The number of esters is 1. The molecule has 0 saturated carbocycles. The summed E-state index contributed by atoms with van der Waals surface area (Å²) in [5.41, 5.74) is 8.55. The number of carbonyl (C=O) groups excluding carboxylic acids is 1. The third-order valence-corrected chi connectivity index (χ3v) is 3.03. The topological polar surface area (TPSA) is 68.5 Å². The molecule has 0 unspecified atom stereocenters. The van der Waals surface area contributed by atoms with Gasteiger partial charge in [0.1, 0.15) is 11.4 Å². The molecule has 0 aliphatic heterocycles. The molecule has 0 aliphatic carbocycles. The summed E-state index contributed by atoms with van der Waals surface area (Å²) >= 11 is 0. The first-order chi connectivity index (χ1) is 9.52. The summed E-state index contributed by atoms with van der Waals surface area (Å²) in [6, 6.07) is 9.50. The van der Waals surface area contributed by atoms with Crippen LogP contribution in [0.2, 0.25) is 0 Å². The van der Waals surface area contributed by atoms with Gasteiger partial charge in [0.25, 0.3) is 0 Å². The van der Waals surface area contributed by atoms with E-state index in [0.29, 0.717) is 17.1 Å². The summed E-state index contributed by atoms with van der Waals surface area (Å²) in [5.74, 6) is 0.0497. The Kier molecular flexibility index (Phi) is 3.89. The maximum atomic E-state index is 11.8. The lowest BCUT2D eigenvalue weighted by Gasteiger charge is -2.21. The fraction of sp³-hybridized carbons (Fsp3) is 0.200. The Balaban J connectivity index is 2.46. The summed E-state index contributed by atoms with van der Waals surface area (Å²) in [6.45, 7) is 2.02. The third-order valence-electron chi connectivity index (χ3n) is 3.03. The monoisotopic (exact) mass is 271 g/mol. The molecule has 0 saturated heterocycles. The largest absolute Gasteiger partial charge is 0.465 e. The quantitative estimate of drug-likeness (QED) is 0.869. The van der Waals surface area contributed by atoms with Crippen LogP contribution in [0.25, 0.3) is 0 Å². The average Bonchev–Trinajstić information content (AvgIpc) is 2.46. The fourth-order valence-electron chi connectivity index (χ4n) is 1.89. The van der Waals surface area contributed by atoms with E-state index in [0.717, 1.165) is 5.69 Å². The highest BCUT2D eigenvalue weighted by Crippen LogP contribution is 2.26. The molecule has 104 valence electrons. The molecule has 1 heterocycles. The second-order valence-electron chi connectivity index (χ2n) is 4.53. The van der Waals surface area contributed by atoms with Gasteiger partial charge in [0, 0.05) is 12.7 Å². The number of anilines is 3. The van der Waals surface area contributed by atoms with Gasteiger partial charge in [0.2, 0.25) is 0 Å². The molecule has 2 N–H and O–H groups in total. The van der Waals surface area contributed by atoms with Crippen LogP contribution in [0.4, 0.5) is 17.2 Å². The van der Waals surface area contributed by atoms with Crippen molar-refractivity contribution in [3.8, 4) is 0 Å². The van der Waals surface area contributed by atoms with Gasteiger partial charge in [0.15, 0.2) is 0 Å². The maximum absolute atomic E-state index is 11.8. The van der Waals surface area contributed by atoms with Crippen LogP contribution < -0.4 is 10.6 Å². The van der Waals surface area contributed by atoms with E-state index in [9.17, 15) is 4.79 Å². The van der Waals surface area contributed by atoms with Gasteiger partial charge < -0.3 is 15.4 Å². The molecular formula is C15H17N3O2. The molecule has 0 radical (unpaired) electrons. The number of nitrogens with two attached hydrogens (primary N) is 1. The first-order valence-electron chi connectivity index (χ1n) is 6.17. The highest BCUT2D eigenvalue weighted by molar-refractivity contribution is 5.96. The standard InChI is InChI=1S/C15H17N3O2/c1-10-4-6-12(7-5-10)18(2)14-13(15(19)20-3)8-11(16)9-17-14/h4-9H,16H2,1-3H3. The summed E-state index contributed by atoms with van der Waals surface area (Å²) in [7, 11) is 3.18. The highest BCUT2D eigenvalue weighted by atomic mass is 16.5. The van der Waals surface area contributed by atoms with Crippen LogP contribution in [0.5, 0.6) is 0 Å². The number of methoxy groups -OCH3 is 1. The first-order valence-corrected chi connectivity index (χ1v) is 6.17. The molecule has 5 heteroatoms. The SMILES string of the molecule is COC(=O)c1cc(N)cnc1N(C)c1ccc(C)cc1. The Morgan fingerprint density at radius 2 is 1.95 bits per heavy atom. The zero-order valence-electron chi connectivity index (χ0n) is 11.8. The van der Waals surface area contributed by atoms with Crippen molar-refractivity contribution in [2.45, 2.75) is 6.92 Å². The Morgan fingerprint density at radius 3 is 2.55 bits per heavy atom. The van der Waals surface area contributed by atoms with Crippen LogP contribution in [0, 0.1) is 6.92 Å². The lowest BCUT2D eigenvalue weighted by atomic mass is 10.2. The summed E-state index contributed by atoms with van der Waals surface area (Å²) < 4.78 is 4.78. The Hall–Kier alpha value is -2.56. The fourth-order valence-corrected chi connectivity index (χ4v) is 1.89. The minimum Gasteiger partial charge on any atom is -0.465 e. The highest BCUT2D eigenvalue weighted by Gasteiger charge is 2.18. The van der Waals surface area contributed by atoms with Crippen LogP contribution in [0.3, 0.4) is 0 Å². The minimum atomic E-state index is -0.459. The van der Waals surface area contributed by atoms with E-state index in [1.165, 1.54) is 18.9 Å². The van der Waals surface area contributed by atoms with Crippen LogP contribution in [-0.2, 0) is 4.74 Å². The van der Waals surface area contributed by atoms with Crippen molar-refractivity contribution in [1.82, 2.24) is 4.98 Å². The molecule has 5 nitrogen and oxygen atoms in total. The van der Waals surface area contributed by atoms with Crippen LogP contribution in [-0.4, -0.2) is 25.1 Å². The number of nitrogen functional groups attached to an aromatic ring is 1. The van der Waals surface area contributed by atoms with E-state index in [2.05, 4.69) is 4.98 Å². The van der Waals surface area contributed by atoms with Crippen molar-refractivity contribution in [2.24, 2.45) is 0 Å². The van der Waals surface area contributed by atoms with Crippen molar-refractivity contribution in [3.63, 3.8) is 0 Å². The molecule has 2 rings (SSSR count). The average molecular weight is 271 g/mol. The summed E-state index contributed by atoms with van der Waals surface area (Å²) in [5, 5.41) is 0. The number of aryl methyl sites for hydroxylation is 1. The van der Waals surface area contributed by atoms with Crippen molar-refractivity contribution in [2.75, 3.05) is 24.8 Å². The molecule has 0 spiro atoms. The number of pyridine rings is 1. The second kappa shape index (κ2) is 5.61. The van der Waals surface area contributed by atoms with Crippen molar-refractivity contribution in [3.05, 3.63) is 47.7 Å². The van der Waals surface area contributed by atoms with E-state index in [4.69, 9.17) is 10.5 Å². The van der Waals surface area contributed by atoms with E-state index < -0.39 is 5.97 Å². The molecule has 2 aromatic rings. The predicted molar refractivity (Wildman–Crippen MR) is 79.2 cm³/mol. The van der Waals surface area contributed by atoms with Crippen molar-refractivity contribution in [1.29, 1.82) is 0 Å². The van der Waals surface area contributed by atoms with E-state index in [1.54, 1.807) is 6.07 Å². The van der Waals surface area contributed by atoms with Gasteiger partial charge >= 0.3 is 5.97 Å². The number of hydrogen-bond donors (Lipinski definition) is 1. The van der Waals surface area contributed by atoms with Gasteiger partial charge in [-0.2, -0.15) is 0 Å². The minimum absolute atomic E-state index is 0.343. The summed E-state index contributed by atoms with van der Waals surface area (Å²) in [6.07, 6.45) is 1.52. The van der Waals surface area contributed by atoms with Crippen LogP contribution in [0.1, 0.15) is 15.9 Å². The zero-order chi connectivity index (χ0) is 14.7. The number of aromatic nitrogens is 1. The first kappa shape index (κ1) is 13.9. The van der Waals surface area contributed by atoms with E-state index in [-0.39, 0.29) is 0 Å². The molecule has 1 aromatic heterocycles. The predicted octanol–water partition coefficient (Wildman–Crippen LogP) is 2.53. The third kappa shape index (κ3) is 2.71. The number of benzene rings is 1. The Morgan fingerprint density at radius 1 is 1.30 bits per heavy atom. The Bertz CT molecular complexity index is 624. The van der Waals surface area contributed by atoms with E-state index in [1.807, 2.05) is 43.1 Å². The van der Waals surface area contributed by atoms with Crippen LogP contribution >= 0.6 is 0 Å². The van der Waals surface area contributed by atoms with Gasteiger partial charge in [-0.05, 0) is 25.1 Å². The normalized spacial score (nSPS) is 10.2. The molecule has 0 atom stereocenters.